The fourth-order valence-electron chi connectivity index (χ4n) is 3.27. The topological polar surface area (TPSA) is 179 Å². The van der Waals surface area contributed by atoms with E-state index in [2.05, 4.69) is 40.5 Å². The van der Waals surface area contributed by atoms with Crippen molar-refractivity contribution >= 4 is 23.8 Å². The maximum absolute atomic E-state index is 12.0. The van der Waals surface area contributed by atoms with Gasteiger partial charge in [0.15, 0.2) is 0 Å². The molecule has 1 aromatic carbocycles. The van der Waals surface area contributed by atoms with Crippen LogP contribution < -0.4 is 10.6 Å². The lowest BCUT2D eigenvalue weighted by Gasteiger charge is -2.13. The summed E-state index contributed by atoms with van der Waals surface area (Å²) in [5.41, 5.74) is 1.36. The summed E-state index contributed by atoms with van der Waals surface area (Å²) in [6.07, 6.45) is 2.61. The third-order valence-corrected chi connectivity index (χ3v) is 5.02. The maximum Gasteiger partial charge on any atom is 0.335 e. The Hall–Kier alpha value is -4.26. The van der Waals surface area contributed by atoms with E-state index >= 15 is 0 Å². The molecular formula is C23H29N9O4. The van der Waals surface area contributed by atoms with E-state index in [9.17, 15) is 14.7 Å². The van der Waals surface area contributed by atoms with Crippen LogP contribution in [0.15, 0.2) is 24.5 Å². The molecule has 3 aromatic rings. The van der Waals surface area contributed by atoms with Gasteiger partial charge in [-0.1, -0.05) is 19.1 Å². The van der Waals surface area contributed by atoms with Gasteiger partial charge in [0.25, 0.3) is 0 Å². The predicted octanol–water partition coefficient (Wildman–Crippen LogP) is 0.969. The molecule has 0 aliphatic carbocycles. The molecule has 0 aliphatic rings. The van der Waals surface area contributed by atoms with E-state index in [0.29, 0.717) is 42.4 Å². The molecule has 0 unspecified atom stereocenters. The predicted molar refractivity (Wildman–Crippen MR) is 131 cm³/mol. The van der Waals surface area contributed by atoms with E-state index < -0.39 is 11.9 Å². The number of carbonyl (C=O) groups is 2. The van der Waals surface area contributed by atoms with Crippen molar-refractivity contribution < 1.29 is 19.8 Å². The van der Waals surface area contributed by atoms with Crippen LogP contribution in [-0.4, -0.2) is 90.7 Å². The van der Waals surface area contributed by atoms with Crippen LogP contribution in [0.25, 0.3) is 0 Å². The third kappa shape index (κ3) is 7.91. The molecule has 36 heavy (non-hydrogen) atoms. The highest BCUT2D eigenvalue weighted by molar-refractivity contribution is 5.89. The Balaban J connectivity index is 1.86. The van der Waals surface area contributed by atoms with Crippen LogP contribution in [0.2, 0.25) is 0 Å². The van der Waals surface area contributed by atoms with Crippen LogP contribution in [0.4, 0.5) is 11.9 Å². The SMILES string of the molecule is CCc1ncnc(Cc2ccc(Cc3nc(NCCN(C)C)nc(NCC(=O)O)n3)c(C(=O)O)c2)n1. The van der Waals surface area contributed by atoms with Gasteiger partial charge < -0.3 is 25.7 Å². The molecule has 0 fully saturated rings. The number of aromatic nitrogens is 6. The van der Waals surface area contributed by atoms with Gasteiger partial charge in [-0.25, -0.2) is 19.7 Å². The average molecular weight is 496 g/mol. The van der Waals surface area contributed by atoms with Crippen LogP contribution in [0.5, 0.6) is 0 Å². The van der Waals surface area contributed by atoms with Crippen molar-refractivity contribution in [1.82, 2.24) is 34.8 Å². The van der Waals surface area contributed by atoms with Crippen LogP contribution in [-0.2, 0) is 24.1 Å². The average Bonchev–Trinajstić information content (AvgIpc) is 2.83. The van der Waals surface area contributed by atoms with Gasteiger partial charge in [0.1, 0.15) is 30.3 Å². The number of likely N-dealkylation sites (N-methyl/N-ethyl adjacent to an activating group) is 1. The Morgan fingerprint density at radius 1 is 0.917 bits per heavy atom. The van der Waals surface area contributed by atoms with Crippen molar-refractivity contribution in [2.24, 2.45) is 0 Å². The number of hydrogen-bond donors (Lipinski definition) is 4. The summed E-state index contributed by atoms with van der Waals surface area (Å²) < 4.78 is 0. The summed E-state index contributed by atoms with van der Waals surface area (Å²) >= 11 is 0. The highest BCUT2D eigenvalue weighted by Gasteiger charge is 2.16. The van der Waals surface area contributed by atoms with Gasteiger partial charge in [0, 0.05) is 32.4 Å². The summed E-state index contributed by atoms with van der Waals surface area (Å²) in [5, 5.41) is 24.6. The minimum Gasteiger partial charge on any atom is -0.480 e. The molecule has 0 saturated carbocycles. The molecule has 190 valence electrons. The normalized spacial score (nSPS) is 10.9. The van der Waals surface area contributed by atoms with E-state index in [4.69, 9.17) is 5.11 Å². The molecule has 0 aliphatic heterocycles. The van der Waals surface area contributed by atoms with E-state index in [1.165, 1.54) is 6.33 Å². The fourth-order valence-corrected chi connectivity index (χ4v) is 3.27. The molecule has 0 radical (unpaired) electrons. The van der Waals surface area contributed by atoms with Crippen LogP contribution >= 0.6 is 0 Å². The van der Waals surface area contributed by atoms with E-state index in [-0.39, 0.29) is 30.4 Å². The highest BCUT2D eigenvalue weighted by atomic mass is 16.4. The zero-order valence-corrected chi connectivity index (χ0v) is 20.4. The number of aromatic carboxylic acids is 1. The third-order valence-electron chi connectivity index (χ3n) is 5.02. The van der Waals surface area contributed by atoms with Crippen LogP contribution in [0.3, 0.4) is 0 Å². The van der Waals surface area contributed by atoms with Gasteiger partial charge in [-0.3, -0.25) is 4.79 Å². The minimum absolute atomic E-state index is 0.0878. The first-order valence-electron chi connectivity index (χ1n) is 11.3. The Morgan fingerprint density at radius 2 is 1.64 bits per heavy atom. The Morgan fingerprint density at radius 3 is 2.31 bits per heavy atom. The molecule has 13 heteroatoms. The summed E-state index contributed by atoms with van der Waals surface area (Å²) in [7, 11) is 3.86. The van der Waals surface area contributed by atoms with Crippen molar-refractivity contribution in [3.63, 3.8) is 0 Å². The maximum atomic E-state index is 12.0. The van der Waals surface area contributed by atoms with Crippen molar-refractivity contribution in [3.8, 4) is 0 Å². The van der Waals surface area contributed by atoms with E-state index in [0.717, 1.165) is 12.1 Å². The van der Waals surface area contributed by atoms with Crippen molar-refractivity contribution in [2.75, 3.05) is 44.4 Å². The number of aliphatic carboxylic acids is 1. The van der Waals surface area contributed by atoms with Gasteiger partial charge in [-0.05, 0) is 31.3 Å². The van der Waals surface area contributed by atoms with Crippen molar-refractivity contribution in [2.45, 2.75) is 26.2 Å². The van der Waals surface area contributed by atoms with Crippen molar-refractivity contribution in [1.29, 1.82) is 0 Å². The number of benzene rings is 1. The van der Waals surface area contributed by atoms with Gasteiger partial charge in [0.2, 0.25) is 11.9 Å². The fraction of sp³-hybridized carbons (Fsp3) is 0.391. The van der Waals surface area contributed by atoms with Gasteiger partial charge in [0.05, 0.1) is 5.56 Å². The number of aryl methyl sites for hydroxylation is 1. The largest absolute Gasteiger partial charge is 0.480 e. The second-order valence-corrected chi connectivity index (χ2v) is 8.20. The van der Waals surface area contributed by atoms with Crippen LogP contribution in [0.1, 0.15) is 45.9 Å². The second kappa shape index (κ2) is 12.4. The van der Waals surface area contributed by atoms with E-state index in [1.807, 2.05) is 32.0 Å². The Bertz CT molecular complexity index is 1220. The molecule has 0 amide bonds. The second-order valence-electron chi connectivity index (χ2n) is 8.20. The summed E-state index contributed by atoms with van der Waals surface area (Å²) in [6, 6.07) is 5.13. The first-order valence-corrected chi connectivity index (χ1v) is 11.3. The minimum atomic E-state index is -1.08. The number of anilines is 2. The number of carboxylic acid groups (broad SMARTS) is 2. The monoisotopic (exact) mass is 495 g/mol. The smallest absolute Gasteiger partial charge is 0.335 e. The van der Waals surface area contributed by atoms with Crippen LogP contribution in [0, 0.1) is 0 Å². The zero-order chi connectivity index (χ0) is 26.1. The molecule has 0 saturated heterocycles. The number of nitrogens with one attached hydrogen (secondary N) is 2. The number of nitrogens with zero attached hydrogens (tertiary/aromatic N) is 7. The zero-order valence-electron chi connectivity index (χ0n) is 20.4. The lowest BCUT2D eigenvalue weighted by atomic mass is 9.99. The molecule has 2 heterocycles. The lowest BCUT2D eigenvalue weighted by Crippen LogP contribution is -2.22. The van der Waals surface area contributed by atoms with Gasteiger partial charge in [-0.2, -0.15) is 15.0 Å². The number of hydrogen-bond acceptors (Lipinski definition) is 11. The first kappa shape index (κ1) is 26.3. The molecule has 2 aromatic heterocycles. The molecule has 3 rings (SSSR count). The number of rotatable bonds is 13. The Labute approximate surface area is 208 Å². The first-order chi connectivity index (χ1) is 17.2. The molecule has 4 N–H and O–H groups in total. The molecule has 0 bridgehead atoms. The van der Waals surface area contributed by atoms with Gasteiger partial charge >= 0.3 is 11.9 Å². The highest BCUT2D eigenvalue weighted by Crippen LogP contribution is 2.18. The summed E-state index contributed by atoms with van der Waals surface area (Å²) in [6.45, 7) is 2.86. The molecule has 13 nitrogen and oxygen atoms in total. The van der Waals surface area contributed by atoms with Gasteiger partial charge in [-0.15, -0.1) is 0 Å². The van der Waals surface area contributed by atoms with E-state index in [1.54, 1.807) is 12.1 Å². The van der Waals surface area contributed by atoms with Crippen molar-refractivity contribution in [3.05, 3.63) is 58.7 Å². The summed E-state index contributed by atoms with van der Waals surface area (Å²) in [4.78, 5) is 50.5. The lowest BCUT2D eigenvalue weighted by molar-refractivity contribution is -0.134. The number of carboxylic acids is 2. The summed E-state index contributed by atoms with van der Waals surface area (Å²) in [5.74, 6) is -0.259. The molecule has 0 atom stereocenters. The Kier molecular flexibility index (Phi) is 9.11. The quantitative estimate of drug-likeness (QED) is 0.264. The molecular weight excluding hydrogens is 466 g/mol. The standard InChI is InChI=1S/C23H29N9O4/c1-4-17-26-13-27-18(28-17)10-14-5-6-15(16(9-14)21(35)36)11-19-29-22(24-7-8-32(2)3)31-23(30-19)25-12-20(33)34/h5-6,9,13H,4,7-8,10-12H2,1-3H3,(H,33,34)(H,35,36)(H2,24,25,29,30,31). The molecule has 0 spiro atoms.